The molecule has 0 aromatic heterocycles. The fourth-order valence-corrected chi connectivity index (χ4v) is 5.63. The smallest absolute Gasteiger partial charge is 0.253 e. The maximum Gasteiger partial charge on any atom is 0.253 e. The minimum Gasteiger partial charge on any atom is -0.339 e. The molecule has 2 aromatic rings. The van der Waals surface area contributed by atoms with Crippen molar-refractivity contribution in [2.45, 2.75) is 50.1 Å². The van der Waals surface area contributed by atoms with Crippen molar-refractivity contribution in [3.8, 4) is 0 Å². The highest BCUT2D eigenvalue weighted by atomic mass is 35.5. The lowest BCUT2D eigenvalue weighted by Crippen LogP contribution is -2.38. The third-order valence-corrected chi connectivity index (χ3v) is 7.63. The molecule has 2 aromatic carbocycles. The van der Waals surface area contributed by atoms with E-state index in [2.05, 4.69) is 0 Å². The quantitative estimate of drug-likeness (QED) is 0.612. The van der Waals surface area contributed by atoms with Gasteiger partial charge in [-0.3, -0.25) is 9.59 Å². The van der Waals surface area contributed by atoms with Gasteiger partial charge >= 0.3 is 0 Å². The van der Waals surface area contributed by atoms with Crippen LogP contribution in [0.2, 0.25) is 5.02 Å². The van der Waals surface area contributed by atoms with Crippen LogP contribution in [-0.2, 0) is 11.3 Å². The summed E-state index contributed by atoms with van der Waals surface area (Å²) in [6.45, 7) is 0.554. The maximum atomic E-state index is 12.9. The molecule has 2 aliphatic rings. The van der Waals surface area contributed by atoms with Gasteiger partial charge in [0.25, 0.3) is 5.91 Å². The van der Waals surface area contributed by atoms with Gasteiger partial charge in [0.05, 0.1) is 5.75 Å². The van der Waals surface area contributed by atoms with Crippen LogP contribution in [0.15, 0.2) is 48.5 Å². The second-order valence-corrected chi connectivity index (χ2v) is 9.65. The monoisotopic (exact) mass is 442 g/mol. The van der Waals surface area contributed by atoms with E-state index in [1.807, 2.05) is 65.4 Å². The molecule has 0 spiro atoms. The fraction of sp³-hybridized carbons (Fsp3) is 0.417. The Kier molecular flexibility index (Phi) is 6.69. The summed E-state index contributed by atoms with van der Waals surface area (Å²) in [5.74, 6) is 0.697. The lowest BCUT2D eigenvalue weighted by molar-refractivity contribution is -0.128. The van der Waals surface area contributed by atoms with Gasteiger partial charge < -0.3 is 9.80 Å². The van der Waals surface area contributed by atoms with Crippen molar-refractivity contribution in [3.05, 3.63) is 70.2 Å². The van der Waals surface area contributed by atoms with E-state index in [1.54, 1.807) is 11.8 Å². The third kappa shape index (κ3) is 4.68. The molecule has 1 saturated heterocycles. The van der Waals surface area contributed by atoms with Crippen LogP contribution in [0.4, 0.5) is 0 Å². The van der Waals surface area contributed by atoms with E-state index >= 15 is 0 Å². The molecule has 0 N–H and O–H groups in total. The number of hydrogen-bond acceptors (Lipinski definition) is 3. The average Bonchev–Trinajstić information content (AvgIpc) is 3.15. The van der Waals surface area contributed by atoms with Crippen LogP contribution in [0, 0.1) is 0 Å². The number of rotatable bonds is 5. The van der Waals surface area contributed by atoms with Gasteiger partial charge in [0.1, 0.15) is 5.37 Å². The lowest BCUT2D eigenvalue weighted by Gasteiger charge is -2.31. The first kappa shape index (κ1) is 21.3. The highest BCUT2D eigenvalue weighted by Gasteiger charge is 2.33. The van der Waals surface area contributed by atoms with E-state index in [0.717, 1.165) is 24.0 Å². The minimum absolute atomic E-state index is 0.0339. The molecule has 2 amide bonds. The Morgan fingerprint density at radius 1 is 1.07 bits per heavy atom. The standard InChI is InChI=1S/C24H27ClN2O2S/c1-26(21-5-3-2-4-6-21)23(29)18-9-11-19(12-10-18)24-27(22(28)16-30-24)15-17-7-13-20(25)14-8-17/h7-14,21,24H,2-6,15-16H2,1H3/t24-/m0/s1. The molecular weight excluding hydrogens is 416 g/mol. The number of hydrogen-bond donors (Lipinski definition) is 0. The first-order valence-corrected chi connectivity index (χ1v) is 12.0. The maximum absolute atomic E-state index is 12.9. The first-order valence-electron chi connectivity index (χ1n) is 10.6. The lowest BCUT2D eigenvalue weighted by atomic mass is 9.94. The Hall–Kier alpha value is -1.98. The van der Waals surface area contributed by atoms with Crippen LogP contribution in [0.5, 0.6) is 0 Å². The minimum atomic E-state index is -0.0339. The summed E-state index contributed by atoms with van der Waals surface area (Å²) in [4.78, 5) is 29.2. The number of thioether (sulfide) groups is 1. The van der Waals surface area contributed by atoms with E-state index in [9.17, 15) is 9.59 Å². The third-order valence-electron chi connectivity index (χ3n) is 6.12. The summed E-state index contributed by atoms with van der Waals surface area (Å²) in [6, 6.07) is 15.8. The Balaban J connectivity index is 1.46. The van der Waals surface area contributed by atoms with E-state index in [-0.39, 0.29) is 17.2 Å². The molecule has 0 radical (unpaired) electrons. The highest BCUT2D eigenvalue weighted by molar-refractivity contribution is 8.00. The zero-order chi connectivity index (χ0) is 21.1. The Morgan fingerprint density at radius 3 is 2.40 bits per heavy atom. The van der Waals surface area contributed by atoms with Crippen LogP contribution < -0.4 is 0 Å². The number of amides is 2. The predicted octanol–water partition coefficient (Wildman–Crippen LogP) is 5.52. The Labute approximate surface area is 187 Å². The van der Waals surface area contributed by atoms with Crippen molar-refractivity contribution >= 4 is 35.2 Å². The summed E-state index contributed by atoms with van der Waals surface area (Å²) in [5, 5.41) is 0.657. The number of carbonyl (C=O) groups excluding carboxylic acids is 2. The van der Waals surface area contributed by atoms with Crippen molar-refractivity contribution in [2.75, 3.05) is 12.8 Å². The van der Waals surface area contributed by atoms with Gasteiger partial charge in [-0.15, -0.1) is 11.8 Å². The van der Waals surface area contributed by atoms with Gasteiger partial charge in [-0.05, 0) is 48.2 Å². The van der Waals surface area contributed by atoms with E-state index in [1.165, 1.54) is 19.3 Å². The van der Waals surface area contributed by atoms with Crippen molar-refractivity contribution in [3.63, 3.8) is 0 Å². The summed E-state index contributed by atoms with van der Waals surface area (Å²) in [7, 11) is 1.92. The van der Waals surface area contributed by atoms with Gasteiger partial charge in [-0.25, -0.2) is 0 Å². The number of benzene rings is 2. The van der Waals surface area contributed by atoms with Gasteiger partial charge in [0.2, 0.25) is 5.91 Å². The van der Waals surface area contributed by atoms with Crippen molar-refractivity contribution in [1.82, 2.24) is 9.80 Å². The number of halogens is 1. The van der Waals surface area contributed by atoms with Crippen molar-refractivity contribution < 1.29 is 9.59 Å². The first-order chi connectivity index (χ1) is 14.5. The molecule has 158 valence electrons. The second-order valence-electron chi connectivity index (χ2n) is 8.14. The van der Waals surface area contributed by atoms with Crippen molar-refractivity contribution in [1.29, 1.82) is 0 Å². The molecule has 30 heavy (non-hydrogen) atoms. The summed E-state index contributed by atoms with van der Waals surface area (Å²) in [5.41, 5.74) is 2.82. The highest BCUT2D eigenvalue weighted by Crippen LogP contribution is 2.39. The van der Waals surface area contributed by atoms with Gasteiger partial charge in [0.15, 0.2) is 0 Å². The Morgan fingerprint density at radius 2 is 1.73 bits per heavy atom. The topological polar surface area (TPSA) is 40.6 Å². The van der Waals surface area contributed by atoms with Crippen LogP contribution >= 0.6 is 23.4 Å². The average molecular weight is 443 g/mol. The van der Waals surface area contributed by atoms with Crippen LogP contribution in [0.25, 0.3) is 0 Å². The van der Waals surface area contributed by atoms with Gasteiger partial charge in [-0.1, -0.05) is 55.1 Å². The molecule has 1 aliphatic heterocycles. The molecule has 0 unspecified atom stereocenters. The predicted molar refractivity (Wildman–Crippen MR) is 123 cm³/mol. The number of nitrogens with zero attached hydrogens (tertiary/aromatic N) is 2. The van der Waals surface area contributed by atoms with E-state index < -0.39 is 0 Å². The zero-order valence-corrected chi connectivity index (χ0v) is 18.8. The van der Waals surface area contributed by atoms with Crippen molar-refractivity contribution in [2.24, 2.45) is 0 Å². The molecule has 0 bridgehead atoms. The summed E-state index contributed by atoms with van der Waals surface area (Å²) < 4.78 is 0. The zero-order valence-electron chi connectivity index (χ0n) is 17.2. The van der Waals surface area contributed by atoms with E-state index in [4.69, 9.17) is 11.6 Å². The summed E-state index contributed by atoms with van der Waals surface area (Å²) >= 11 is 7.61. The van der Waals surface area contributed by atoms with Crippen LogP contribution in [-0.4, -0.2) is 40.5 Å². The van der Waals surface area contributed by atoms with Crippen LogP contribution in [0.3, 0.4) is 0 Å². The molecule has 4 nitrogen and oxygen atoms in total. The molecule has 1 heterocycles. The molecule has 2 fully saturated rings. The SMILES string of the molecule is CN(C(=O)c1ccc([C@@H]2SCC(=O)N2Cc2ccc(Cl)cc2)cc1)C1CCCCC1. The van der Waals surface area contributed by atoms with Crippen LogP contribution in [0.1, 0.15) is 59.0 Å². The molecule has 4 rings (SSSR count). The second kappa shape index (κ2) is 9.44. The molecule has 1 saturated carbocycles. The van der Waals surface area contributed by atoms with Gasteiger partial charge in [-0.2, -0.15) is 0 Å². The molecule has 1 aliphatic carbocycles. The fourth-order valence-electron chi connectivity index (χ4n) is 4.32. The van der Waals surface area contributed by atoms with E-state index in [0.29, 0.717) is 28.9 Å². The molecular formula is C24H27ClN2O2S. The largest absolute Gasteiger partial charge is 0.339 e. The Bertz CT molecular complexity index is 894. The molecule has 1 atom stereocenters. The summed E-state index contributed by atoms with van der Waals surface area (Å²) in [6.07, 6.45) is 5.88. The normalized spacial score (nSPS) is 19.9. The number of carbonyl (C=O) groups is 2. The molecule has 6 heteroatoms. The van der Waals surface area contributed by atoms with Gasteiger partial charge in [0, 0.05) is 30.2 Å².